The molecule has 1 aromatic carbocycles. The normalized spacial score (nSPS) is 34.4. The third kappa shape index (κ3) is 1.67. The summed E-state index contributed by atoms with van der Waals surface area (Å²) >= 11 is 0. The summed E-state index contributed by atoms with van der Waals surface area (Å²) in [4.78, 5) is 0. The van der Waals surface area contributed by atoms with Crippen LogP contribution in [0.3, 0.4) is 0 Å². The van der Waals surface area contributed by atoms with Crippen LogP contribution >= 0.6 is 0 Å². The lowest BCUT2D eigenvalue weighted by molar-refractivity contribution is 0.174. The summed E-state index contributed by atoms with van der Waals surface area (Å²) in [7, 11) is 0. The SMILES string of the molecule is C[C@H]1CC[C@H]2[C@H](C1)Nc1ccccc1C2(C)C. The van der Waals surface area contributed by atoms with E-state index in [1.165, 1.54) is 30.5 Å². The van der Waals surface area contributed by atoms with Crippen LogP contribution in [-0.4, -0.2) is 6.04 Å². The highest BCUT2D eigenvalue weighted by atomic mass is 15.0. The first-order valence-electron chi connectivity index (χ1n) is 6.95. The van der Waals surface area contributed by atoms with E-state index in [0.717, 1.165) is 11.8 Å². The van der Waals surface area contributed by atoms with E-state index in [2.05, 4.69) is 50.4 Å². The van der Waals surface area contributed by atoms with Gasteiger partial charge in [-0.3, -0.25) is 0 Å². The van der Waals surface area contributed by atoms with Gasteiger partial charge in [0.25, 0.3) is 0 Å². The molecule has 1 aliphatic heterocycles. The highest BCUT2D eigenvalue weighted by molar-refractivity contribution is 5.58. The van der Waals surface area contributed by atoms with E-state index < -0.39 is 0 Å². The minimum absolute atomic E-state index is 0.326. The summed E-state index contributed by atoms with van der Waals surface area (Å²) in [5.41, 5.74) is 3.20. The van der Waals surface area contributed by atoms with Gasteiger partial charge in [0.05, 0.1) is 0 Å². The van der Waals surface area contributed by atoms with Crippen LogP contribution in [0.5, 0.6) is 0 Å². The molecule has 1 heteroatoms. The van der Waals surface area contributed by atoms with Gasteiger partial charge in [0.1, 0.15) is 0 Å². The Morgan fingerprint density at radius 2 is 1.94 bits per heavy atom. The van der Waals surface area contributed by atoms with Crippen molar-refractivity contribution in [3.63, 3.8) is 0 Å². The molecule has 0 unspecified atom stereocenters. The van der Waals surface area contributed by atoms with Crippen molar-refractivity contribution < 1.29 is 0 Å². The van der Waals surface area contributed by atoms with Gasteiger partial charge in [0, 0.05) is 11.7 Å². The van der Waals surface area contributed by atoms with Crippen LogP contribution in [0.15, 0.2) is 24.3 Å². The molecule has 1 aromatic rings. The fraction of sp³-hybridized carbons (Fsp3) is 0.625. The highest BCUT2D eigenvalue weighted by Gasteiger charge is 2.44. The number of para-hydroxylation sites is 1. The van der Waals surface area contributed by atoms with E-state index in [1.54, 1.807) is 0 Å². The summed E-state index contributed by atoms with van der Waals surface area (Å²) in [6, 6.07) is 9.55. The molecule has 1 heterocycles. The molecule has 0 saturated heterocycles. The summed E-state index contributed by atoms with van der Waals surface area (Å²) in [5, 5.41) is 3.78. The molecule has 0 aromatic heterocycles. The van der Waals surface area contributed by atoms with Crippen LogP contribution in [-0.2, 0) is 5.41 Å². The van der Waals surface area contributed by atoms with E-state index >= 15 is 0 Å². The van der Waals surface area contributed by atoms with Crippen LogP contribution in [0, 0.1) is 11.8 Å². The Bertz CT molecular complexity index is 421. The summed E-state index contributed by atoms with van der Waals surface area (Å²) in [6.07, 6.45) is 4.11. The molecule has 1 aliphatic carbocycles. The second-order valence-corrected chi connectivity index (χ2v) is 6.54. The Morgan fingerprint density at radius 3 is 2.76 bits per heavy atom. The van der Waals surface area contributed by atoms with Crippen molar-refractivity contribution in [2.24, 2.45) is 11.8 Å². The molecule has 1 fully saturated rings. The van der Waals surface area contributed by atoms with Crippen molar-refractivity contribution in [3.8, 4) is 0 Å². The van der Waals surface area contributed by atoms with Gasteiger partial charge >= 0.3 is 0 Å². The maximum absolute atomic E-state index is 3.78. The molecule has 0 bridgehead atoms. The number of hydrogen-bond donors (Lipinski definition) is 1. The van der Waals surface area contributed by atoms with Crippen molar-refractivity contribution in [2.45, 2.75) is 51.5 Å². The molecular weight excluding hydrogens is 206 g/mol. The highest BCUT2D eigenvalue weighted by Crippen LogP contribution is 2.48. The van der Waals surface area contributed by atoms with Gasteiger partial charge in [-0.05, 0) is 41.7 Å². The number of benzene rings is 1. The van der Waals surface area contributed by atoms with Crippen molar-refractivity contribution in [1.82, 2.24) is 0 Å². The third-order valence-electron chi connectivity index (χ3n) is 5.00. The summed E-state index contributed by atoms with van der Waals surface area (Å²) in [5.74, 6) is 1.68. The largest absolute Gasteiger partial charge is 0.382 e. The van der Waals surface area contributed by atoms with E-state index in [0.29, 0.717) is 11.5 Å². The quantitative estimate of drug-likeness (QED) is 0.703. The number of fused-ring (bicyclic) bond motifs is 2. The first-order chi connectivity index (χ1) is 8.09. The zero-order chi connectivity index (χ0) is 12.0. The zero-order valence-corrected chi connectivity index (χ0v) is 11.2. The van der Waals surface area contributed by atoms with Gasteiger partial charge < -0.3 is 5.32 Å². The van der Waals surface area contributed by atoms with Crippen LogP contribution in [0.1, 0.15) is 45.6 Å². The topological polar surface area (TPSA) is 12.0 Å². The minimum atomic E-state index is 0.326. The van der Waals surface area contributed by atoms with Gasteiger partial charge in [-0.1, -0.05) is 45.4 Å². The van der Waals surface area contributed by atoms with Gasteiger partial charge in [-0.25, -0.2) is 0 Å². The van der Waals surface area contributed by atoms with E-state index in [4.69, 9.17) is 0 Å². The first kappa shape index (κ1) is 11.1. The Labute approximate surface area is 105 Å². The number of hydrogen-bond acceptors (Lipinski definition) is 1. The molecular formula is C16H23N. The molecule has 3 atom stereocenters. The van der Waals surface area contributed by atoms with E-state index in [-0.39, 0.29) is 0 Å². The molecule has 1 nitrogen and oxygen atoms in total. The lowest BCUT2D eigenvalue weighted by atomic mass is 9.61. The van der Waals surface area contributed by atoms with Crippen molar-refractivity contribution in [1.29, 1.82) is 0 Å². The van der Waals surface area contributed by atoms with Gasteiger partial charge in [0.2, 0.25) is 0 Å². The predicted molar refractivity (Wildman–Crippen MR) is 73.4 cm³/mol. The van der Waals surface area contributed by atoms with Crippen molar-refractivity contribution in [3.05, 3.63) is 29.8 Å². The number of rotatable bonds is 0. The standard InChI is InChI=1S/C16H23N/c1-11-8-9-13-15(10-11)17-14-7-5-4-6-12(14)16(13,2)3/h4-7,11,13,15,17H,8-10H2,1-3H3/t11-,13-,15-/m0/s1. The number of nitrogens with one attached hydrogen (secondary N) is 1. The first-order valence-corrected chi connectivity index (χ1v) is 6.95. The van der Waals surface area contributed by atoms with Crippen LogP contribution < -0.4 is 5.32 Å². The Balaban J connectivity index is 2.03. The molecule has 3 rings (SSSR count). The molecule has 1 saturated carbocycles. The molecule has 0 radical (unpaired) electrons. The molecule has 1 N–H and O–H groups in total. The van der Waals surface area contributed by atoms with Gasteiger partial charge in [-0.15, -0.1) is 0 Å². The fourth-order valence-electron chi connectivity index (χ4n) is 3.97. The summed E-state index contributed by atoms with van der Waals surface area (Å²) in [6.45, 7) is 7.26. The maximum Gasteiger partial charge on any atom is 0.0380 e. The van der Waals surface area contributed by atoms with Gasteiger partial charge in [-0.2, -0.15) is 0 Å². The second-order valence-electron chi connectivity index (χ2n) is 6.54. The maximum atomic E-state index is 3.78. The minimum Gasteiger partial charge on any atom is -0.382 e. The lowest BCUT2D eigenvalue weighted by Gasteiger charge is -2.49. The Morgan fingerprint density at radius 1 is 1.18 bits per heavy atom. The average molecular weight is 229 g/mol. The van der Waals surface area contributed by atoms with E-state index in [1.807, 2.05) is 0 Å². The van der Waals surface area contributed by atoms with E-state index in [9.17, 15) is 0 Å². The Kier molecular flexibility index (Phi) is 2.46. The van der Waals surface area contributed by atoms with Crippen molar-refractivity contribution >= 4 is 5.69 Å². The van der Waals surface area contributed by atoms with Crippen molar-refractivity contribution in [2.75, 3.05) is 5.32 Å². The number of anilines is 1. The zero-order valence-electron chi connectivity index (χ0n) is 11.2. The lowest BCUT2D eigenvalue weighted by Crippen LogP contribution is -2.48. The molecule has 17 heavy (non-hydrogen) atoms. The molecule has 0 amide bonds. The average Bonchev–Trinajstić information content (AvgIpc) is 2.28. The van der Waals surface area contributed by atoms with Crippen LogP contribution in [0.4, 0.5) is 5.69 Å². The predicted octanol–water partition coefficient (Wildman–Crippen LogP) is 4.19. The molecule has 0 spiro atoms. The van der Waals surface area contributed by atoms with Gasteiger partial charge in [0.15, 0.2) is 0 Å². The van der Waals surface area contributed by atoms with Crippen LogP contribution in [0.25, 0.3) is 0 Å². The monoisotopic (exact) mass is 229 g/mol. The molecule has 2 aliphatic rings. The molecule has 92 valence electrons. The third-order valence-corrected chi connectivity index (χ3v) is 5.00. The summed E-state index contributed by atoms with van der Waals surface area (Å²) < 4.78 is 0. The second kappa shape index (κ2) is 3.76. The Hall–Kier alpha value is -0.980. The smallest absolute Gasteiger partial charge is 0.0380 e. The fourth-order valence-corrected chi connectivity index (χ4v) is 3.97. The van der Waals surface area contributed by atoms with Crippen LogP contribution in [0.2, 0.25) is 0 Å².